The van der Waals surface area contributed by atoms with Crippen molar-refractivity contribution in [1.29, 1.82) is 0 Å². The number of aromatic hydroxyl groups is 2. The first-order valence-corrected chi connectivity index (χ1v) is 10.2. The molecule has 2 aromatic rings. The van der Waals surface area contributed by atoms with Crippen molar-refractivity contribution in [1.82, 2.24) is 0 Å². The van der Waals surface area contributed by atoms with Crippen LogP contribution in [-0.2, 0) is 20.7 Å². The lowest BCUT2D eigenvalue weighted by Crippen LogP contribution is -2.60. The molecule has 6 N–H and O–H groups in total. The third kappa shape index (κ3) is 6.44. The number of ether oxygens (including phenoxy) is 3. The van der Waals surface area contributed by atoms with Gasteiger partial charge in [0.1, 0.15) is 36.8 Å². The van der Waals surface area contributed by atoms with Gasteiger partial charge in [0.05, 0.1) is 0 Å². The maximum absolute atomic E-state index is 12.0. The largest absolute Gasteiger partial charge is 0.508 e. The summed E-state index contributed by atoms with van der Waals surface area (Å²) in [5, 5.41) is 58.9. The summed E-state index contributed by atoms with van der Waals surface area (Å²) in [5.74, 6) is -0.962. The van der Waals surface area contributed by atoms with E-state index in [-0.39, 0.29) is 23.9 Å². The molecule has 3 rings (SSSR count). The summed E-state index contributed by atoms with van der Waals surface area (Å²) < 4.78 is 16.0. The fourth-order valence-corrected chi connectivity index (χ4v) is 3.19. The van der Waals surface area contributed by atoms with Crippen molar-refractivity contribution < 1.29 is 49.6 Å². The molecule has 2 aromatic carbocycles. The number of hydrogen-bond donors (Lipinski definition) is 6. The Hall–Kier alpha value is -3.15. The molecule has 178 valence electrons. The fourth-order valence-electron chi connectivity index (χ4n) is 3.19. The monoisotopic (exact) mass is 462 g/mol. The first-order valence-electron chi connectivity index (χ1n) is 10.2. The Balaban J connectivity index is 1.60. The van der Waals surface area contributed by atoms with E-state index in [1.165, 1.54) is 30.3 Å². The quantitative estimate of drug-likeness (QED) is 0.234. The number of carbonyl (C=O) groups is 1. The van der Waals surface area contributed by atoms with Crippen LogP contribution < -0.4 is 4.74 Å². The summed E-state index contributed by atoms with van der Waals surface area (Å²) in [6, 6.07) is 10.5. The summed E-state index contributed by atoms with van der Waals surface area (Å²) in [7, 11) is 0. The van der Waals surface area contributed by atoms with Crippen molar-refractivity contribution in [3.8, 4) is 17.2 Å². The zero-order valence-corrected chi connectivity index (χ0v) is 17.5. The van der Waals surface area contributed by atoms with Crippen molar-refractivity contribution in [2.45, 2.75) is 37.1 Å². The lowest BCUT2D eigenvalue weighted by atomic mass is 9.99. The van der Waals surface area contributed by atoms with Gasteiger partial charge < -0.3 is 44.8 Å². The Morgan fingerprint density at radius 2 is 1.73 bits per heavy atom. The molecule has 1 heterocycles. The Bertz CT molecular complexity index is 958. The van der Waals surface area contributed by atoms with Crippen LogP contribution in [0, 0.1) is 0 Å². The summed E-state index contributed by atoms with van der Waals surface area (Å²) in [6.07, 6.45) is -4.59. The molecule has 5 unspecified atom stereocenters. The van der Waals surface area contributed by atoms with Crippen LogP contribution in [0.25, 0.3) is 6.08 Å². The minimum atomic E-state index is -1.66. The predicted molar refractivity (Wildman–Crippen MR) is 114 cm³/mol. The van der Waals surface area contributed by atoms with E-state index in [0.29, 0.717) is 17.5 Å². The number of phenolic OH excluding ortho intramolecular Hbond substituents is 2. The predicted octanol–water partition coefficient (Wildman–Crippen LogP) is 0.0756. The second-order valence-electron chi connectivity index (χ2n) is 7.46. The summed E-state index contributed by atoms with van der Waals surface area (Å²) in [4.78, 5) is 12.0. The van der Waals surface area contributed by atoms with Crippen molar-refractivity contribution in [2.24, 2.45) is 0 Å². The molecule has 0 aromatic heterocycles. The number of aliphatic hydroxyl groups is 4. The molecule has 10 nitrogen and oxygen atoms in total. The summed E-state index contributed by atoms with van der Waals surface area (Å²) in [5.41, 5.74) is 1.31. The van der Waals surface area contributed by atoms with Crippen LogP contribution in [0.5, 0.6) is 17.2 Å². The number of rotatable bonds is 8. The molecular formula is C23H26O10. The van der Waals surface area contributed by atoms with Gasteiger partial charge in [0.15, 0.2) is 11.5 Å². The van der Waals surface area contributed by atoms with Gasteiger partial charge in [-0.2, -0.15) is 0 Å². The number of phenols is 2. The van der Waals surface area contributed by atoms with E-state index in [0.717, 1.165) is 6.08 Å². The second-order valence-corrected chi connectivity index (χ2v) is 7.46. The van der Waals surface area contributed by atoms with Crippen molar-refractivity contribution in [3.05, 3.63) is 59.7 Å². The fraction of sp³-hybridized carbons (Fsp3) is 0.348. The van der Waals surface area contributed by atoms with E-state index in [1.807, 2.05) is 0 Å². The summed E-state index contributed by atoms with van der Waals surface area (Å²) >= 11 is 0. The maximum Gasteiger partial charge on any atom is 0.330 e. The first kappa shape index (κ1) is 24.5. The Labute approximate surface area is 189 Å². The van der Waals surface area contributed by atoms with E-state index in [4.69, 9.17) is 19.3 Å². The van der Waals surface area contributed by atoms with Gasteiger partial charge in [0, 0.05) is 12.7 Å². The van der Waals surface area contributed by atoms with Crippen LogP contribution in [-0.4, -0.2) is 80.5 Å². The SMILES string of the molecule is O=C(C=Cc1ccc(O)cc1)OCC1OC(Oc2ccc(CCO)cc2O)C(O)C(O)C1O. The molecule has 5 atom stereocenters. The second kappa shape index (κ2) is 11.1. The number of hydrogen-bond acceptors (Lipinski definition) is 10. The van der Waals surface area contributed by atoms with Crippen LogP contribution in [0.2, 0.25) is 0 Å². The van der Waals surface area contributed by atoms with Gasteiger partial charge in [-0.15, -0.1) is 0 Å². The van der Waals surface area contributed by atoms with E-state index >= 15 is 0 Å². The van der Waals surface area contributed by atoms with Crippen LogP contribution in [0.1, 0.15) is 11.1 Å². The molecule has 1 aliphatic rings. The lowest BCUT2D eigenvalue weighted by Gasteiger charge is -2.39. The average molecular weight is 462 g/mol. The van der Waals surface area contributed by atoms with Crippen LogP contribution >= 0.6 is 0 Å². The van der Waals surface area contributed by atoms with Gasteiger partial charge in [-0.1, -0.05) is 18.2 Å². The minimum absolute atomic E-state index is 0.0445. The molecule has 0 bridgehead atoms. The van der Waals surface area contributed by atoms with E-state index in [2.05, 4.69) is 0 Å². The highest BCUT2D eigenvalue weighted by Crippen LogP contribution is 2.31. The van der Waals surface area contributed by atoms with Gasteiger partial charge in [0.2, 0.25) is 6.29 Å². The number of benzene rings is 2. The highest BCUT2D eigenvalue weighted by atomic mass is 16.7. The highest BCUT2D eigenvalue weighted by molar-refractivity contribution is 5.87. The van der Waals surface area contributed by atoms with Crippen molar-refractivity contribution in [2.75, 3.05) is 13.2 Å². The van der Waals surface area contributed by atoms with Crippen molar-refractivity contribution in [3.63, 3.8) is 0 Å². The standard InChI is InChI=1S/C23H26O10/c24-10-9-14-3-7-17(16(26)11-14)32-23-22(30)21(29)20(28)18(33-23)12-31-19(27)8-4-13-1-5-15(25)6-2-13/h1-8,11,18,20-26,28-30H,9-10,12H2. The van der Waals surface area contributed by atoms with Crippen LogP contribution in [0.4, 0.5) is 0 Å². The normalized spacial score (nSPS) is 25.2. The minimum Gasteiger partial charge on any atom is -0.508 e. The molecule has 33 heavy (non-hydrogen) atoms. The van der Waals surface area contributed by atoms with Gasteiger partial charge in [0.25, 0.3) is 0 Å². The van der Waals surface area contributed by atoms with Gasteiger partial charge in [-0.05, 0) is 47.9 Å². The third-order valence-electron chi connectivity index (χ3n) is 5.03. The Kier molecular flexibility index (Phi) is 8.26. The smallest absolute Gasteiger partial charge is 0.330 e. The molecule has 0 aliphatic carbocycles. The van der Waals surface area contributed by atoms with Crippen molar-refractivity contribution >= 4 is 12.0 Å². The van der Waals surface area contributed by atoms with Gasteiger partial charge in [-0.3, -0.25) is 0 Å². The number of esters is 1. The van der Waals surface area contributed by atoms with Gasteiger partial charge >= 0.3 is 5.97 Å². The zero-order valence-electron chi connectivity index (χ0n) is 17.5. The molecule has 0 saturated carbocycles. The highest BCUT2D eigenvalue weighted by Gasteiger charge is 2.45. The molecule has 1 saturated heterocycles. The van der Waals surface area contributed by atoms with Crippen LogP contribution in [0.15, 0.2) is 48.5 Å². The first-order chi connectivity index (χ1) is 15.8. The zero-order chi connectivity index (χ0) is 24.0. The molecule has 1 fully saturated rings. The number of aliphatic hydroxyl groups excluding tert-OH is 4. The molecule has 10 heteroatoms. The topological polar surface area (TPSA) is 166 Å². The Morgan fingerprint density at radius 1 is 1.00 bits per heavy atom. The van der Waals surface area contributed by atoms with E-state index in [1.54, 1.807) is 18.2 Å². The Morgan fingerprint density at radius 3 is 2.39 bits per heavy atom. The third-order valence-corrected chi connectivity index (χ3v) is 5.03. The lowest BCUT2D eigenvalue weighted by molar-refractivity contribution is -0.278. The van der Waals surface area contributed by atoms with E-state index in [9.17, 15) is 30.3 Å². The van der Waals surface area contributed by atoms with E-state index < -0.39 is 43.3 Å². The van der Waals surface area contributed by atoms with Gasteiger partial charge in [-0.25, -0.2) is 4.79 Å². The molecule has 0 amide bonds. The maximum atomic E-state index is 12.0. The summed E-state index contributed by atoms with van der Waals surface area (Å²) in [6.45, 7) is -0.538. The number of carbonyl (C=O) groups excluding carboxylic acids is 1. The molecule has 1 aliphatic heterocycles. The van der Waals surface area contributed by atoms with Crippen LogP contribution in [0.3, 0.4) is 0 Å². The molecular weight excluding hydrogens is 436 g/mol. The average Bonchev–Trinajstić information content (AvgIpc) is 2.80. The molecule has 0 spiro atoms. The molecule has 0 radical (unpaired) electrons.